The van der Waals surface area contributed by atoms with Gasteiger partial charge in [-0.05, 0) is 38.6 Å². The van der Waals surface area contributed by atoms with Gasteiger partial charge in [-0.3, -0.25) is 0 Å². The average Bonchev–Trinajstić information content (AvgIpc) is 3.06. The van der Waals surface area contributed by atoms with Crippen molar-refractivity contribution in [3.8, 4) is 0 Å². The van der Waals surface area contributed by atoms with Crippen LogP contribution in [-0.2, 0) is 25.9 Å². The monoisotopic (exact) mass is 308 g/mol. The molecule has 0 atom stereocenters. The molecule has 23 heavy (non-hydrogen) atoms. The van der Waals surface area contributed by atoms with E-state index in [9.17, 15) is 0 Å². The molecule has 3 aromatic rings. The summed E-state index contributed by atoms with van der Waals surface area (Å²) >= 11 is 0. The first-order chi connectivity index (χ1) is 11.1. The van der Waals surface area contributed by atoms with Crippen molar-refractivity contribution in [2.45, 2.75) is 39.8 Å². The minimum atomic E-state index is 0.997. The maximum atomic E-state index is 4.32. The molecule has 4 nitrogen and oxygen atoms in total. The molecule has 0 unspecified atom stereocenters. The molecule has 1 N–H and O–H groups in total. The van der Waals surface area contributed by atoms with Crippen LogP contribution in [0.25, 0.3) is 10.9 Å². The van der Waals surface area contributed by atoms with Crippen molar-refractivity contribution in [3.63, 3.8) is 0 Å². The number of H-pyrrole nitrogens is 1. The van der Waals surface area contributed by atoms with Crippen LogP contribution in [0.2, 0.25) is 0 Å². The molecule has 4 heteroatoms. The first-order valence-electron chi connectivity index (χ1n) is 8.41. The second-order valence-electron chi connectivity index (χ2n) is 6.83. The highest BCUT2D eigenvalue weighted by Crippen LogP contribution is 2.31. The van der Waals surface area contributed by atoms with E-state index in [1.165, 1.54) is 33.4 Å². The van der Waals surface area contributed by atoms with Gasteiger partial charge in [-0.15, -0.1) is 0 Å². The Morgan fingerprint density at radius 1 is 1.26 bits per heavy atom. The van der Waals surface area contributed by atoms with Gasteiger partial charge in [0.1, 0.15) is 5.82 Å². The van der Waals surface area contributed by atoms with Crippen molar-refractivity contribution in [3.05, 3.63) is 52.7 Å². The van der Waals surface area contributed by atoms with Crippen LogP contribution in [0.15, 0.2) is 24.4 Å². The summed E-state index contributed by atoms with van der Waals surface area (Å²) in [5.41, 5.74) is 7.00. The summed E-state index contributed by atoms with van der Waals surface area (Å²) in [5.74, 6) is 0.997. The highest BCUT2D eigenvalue weighted by Gasteiger charge is 2.22. The van der Waals surface area contributed by atoms with E-state index in [4.69, 9.17) is 0 Å². The van der Waals surface area contributed by atoms with Gasteiger partial charge in [0.15, 0.2) is 0 Å². The number of fused-ring (bicyclic) bond motifs is 3. The third kappa shape index (κ3) is 2.57. The molecule has 0 saturated heterocycles. The van der Waals surface area contributed by atoms with Crippen LogP contribution < -0.4 is 0 Å². The minimum Gasteiger partial charge on any atom is -0.346 e. The van der Waals surface area contributed by atoms with E-state index < -0.39 is 0 Å². The number of rotatable bonds is 3. The highest BCUT2D eigenvalue weighted by atomic mass is 15.1. The van der Waals surface area contributed by atoms with Gasteiger partial charge in [0, 0.05) is 61.0 Å². The summed E-state index contributed by atoms with van der Waals surface area (Å²) in [6.07, 6.45) is 4.10. The molecule has 4 rings (SSSR count). The van der Waals surface area contributed by atoms with Gasteiger partial charge in [0.25, 0.3) is 0 Å². The molecule has 1 aliphatic heterocycles. The van der Waals surface area contributed by atoms with Gasteiger partial charge in [0.2, 0.25) is 0 Å². The summed E-state index contributed by atoms with van der Waals surface area (Å²) in [6, 6.07) is 6.87. The van der Waals surface area contributed by atoms with E-state index in [-0.39, 0.29) is 0 Å². The molecule has 1 aromatic carbocycles. The quantitative estimate of drug-likeness (QED) is 0.806. The molecule has 0 spiro atoms. The Morgan fingerprint density at radius 3 is 2.91 bits per heavy atom. The summed E-state index contributed by atoms with van der Waals surface area (Å²) in [4.78, 5) is 10.1. The predicted octanol–water partition coefficient (Wildman–Crippen LogP) is 3.21. The maximum Gasteiger partial charge on any atom is 0.103 e. The van der Waals surface area contributed by atoms with E-state index >= 15 is 0 Å². The van der Waals surface area contributed by atoms with Crippen molar-refractivity contribution >= 4 is 10.9 Å². The van der Waals surface area contributed by atoms with Gasteiger partial charge in [-0.25, -0.2) is 4.98 Å². The maximum absolute atomic E-state index is 4.32. The summed E-state index contributed by atoms with van der Waals surface area (Å²) in [6.45, 7) is 7.41. The molecular weight excluding hydrogens is 284 g/mol. The second-order valence-corrected chi connectivity index (χ2v) is 6.83. The molecule has 0 radical (unpaired) electrons. The molecule has 0 bridgehead atoms. The molecule has 3 heterocycles. The van der Waals surface area contributed by atoms with Crippen LogP contribution in [-0.4, -0.2) is 33.0 Å². The Labute approximate surface area is 137 Å². The molecule has 0 saturated carbocycles. The smallest absolute Gasteiger partial charge is 0.103 e. The van der Waals surface area contributed by atoms with Gasteiger partial charge in [-0.2, -0.15) is 0 Å². The second kappa shape index (κ2) is 5.53. The van der Waals surface area contributed by atoms with Crippen LogP contribution in [0.3, 0.4) is 0 Å². The normalized spacial score (nSPS) is 15.3. The third-order valence-corrected chi connectivity index (χ3v) is 4.96. The van der Waals surface area contributed by atoms with Crippen molar-refractivity contribution in [2.75, 3.05) is 13.6 Å². The molecule has 0 aliphatic carbocycles. The first-order valence-corrected chi connectivity index (χ1v) is 8.41. The lowest BCUT2D eigenvalue weighted by molar-refractivity contribution is 0.309. The van der Waals surface area contributed by atoms with Crippen LogP contribution >= 0.6 is 0 Å². The Balaban J connectivity index is 1.76. The third-order valence-electron chi connectivity index (χ3n) is 4.96. The van der Waals surface area contributed by atoms with Crippen molar-refractivity contribution in [2.24, 2.45) is 0 Å². The highest BCUT2D eigenvalue weighted by molar-refractivity contribution is 5.86. The zero-order valence-corrected chi connectivity index (χ0v) is 14.2. The van der Waals surface area contributed by atoms with Crippen molar-refractivity contribution in [1.82, 2.24) is 19.4 Å². The zero-order valence-electron chi connectivity index (χ0n) is 14.2. The van der Waals surface area contributed by atoms with E-state index in [1.54, 1.807) is 0 Å². The number of aromatic amines is 1. The largest absolute Gasteiger partial charge is 0.346 e. The van der Waals surface area contributed by atoms with Gasteiger partial charge in [0.05, 0.1) is 0 Å². The summed E-state index contributed by atoms with van der Waals surface area (Å²) in [5, 5.41) is 1.44. The fourth-order valence-electron chi connectivity index (χ4n) is 3.79. The number of hydrogen-bond donors (Lipinski definition) is 1. The van der Waals surface area contributed by atoms with E-state index in [1.807, 2.05) is 13.1 Å². The number of benzene rings is 1. The Bertz CT molecular complexity index is 856. The SMILES string of the molecule is Cc1ccc2c(c1)c1c(n2CCc2cnc(C)[nH]2)CCN(C)C1. The lowest BCUT2D eigenvalue weighted by Crippen LogP contribution is -2.27. The molecule has 2 aromatic heterocycles. The number of imidazole rings is 1. The molecule has 120 valence electrons. The van der Waals surface area contributed by atoms with E-state index in [2.05, 4.69) is 51.6 Å². The summed E-state index contributed by atoms with van der Waals surface area (Å²) in [7, 11) is 2.22. The number of aromatic nitrogens is 3. The number of hydrogen-bond acceptors (Lipinski definition) is 2. The van der Waals surface area contributed by atoms with Gasteiger partial charge >= 0.3 is 0 Å². The Hall–Kier alpha value is -2.07. The topological polar surface area (TPSA) is 36.9 Å². The molecule has 0 fully saturated rings. The van der Waals surface area contributed by atoms with Gasteiger partial charge < -0.3 is 14.5 Å². The fourth-order valence-corrected chi connectivity index (χ4v) is 3.79. The first kappa shape index (κ1) is 14.5. The zero-order chi connectivity index (χ0) is 16.0. The van der Waals surface area contributed by atoms with Crippen molar-refractivity contribution in [1.29, 1.82) is 0 Å². The number of nitrogens with zero attached hydrogens (tertiary/aromatic N) is 3. The number of aryl methyl sites for hydroxylation is 4. The van der Waals surface area contributed by atoms with Crippen LogP contribution in [0.1, 0.15) is 28.3 Å². The van der Waals surface area contributed by atoms with Gasteiger partial charge in [-0.1, -0.05) is 11.6 Å². The molecule has 0 amide bonds. The Morgan fingerprint density at radius 2 is 2.13 bits per heavy atom. The fraction of sp³-hybridized carbons (Fsp3) is 0.421. The Kier molecular flexibility index (Phi) is 3.49. The average molecular weight is 308 g/mol. The van der Waals surface area contributed by atoms with Crippen LogP contribution in [0, 0.1) is 13.8 Å². The van der Waals surface area contributed by atoms with E-state index in [0.29, 0.717) is 0 Å². The van der Waals surface area contributed by atoms with E-state index in [0.717, 1.165) is 38.3 Å². The predicted molar refractivity (Wildman–Crippen MR) is 93.7 cm³/mol. The number of nitrogens with one attached hydrogen (secondary N) is 1. The lowest BCUT2D eigenvalue weighted by Gasteiger charge is -2.24. The standard InChI is InChI=1S/C19H24N4/c1-13-4-5-18-16(10-13)17-12-22(3)8-7-19(17)23(18)9-6-15-11-20-14(2)21-15/h4-5,10-11H,6-9,12H2,1-3H3,(H,20,21). The van der Waals surface area contributed by atoms with Crippen LogP contribution in [0.4, 0.5) is 0 Å². The lowest BCUT2D eigenvalue weighted by atomic mass is 10.0. The number of likely N-dealkylation sites (N-methyl/N-ethyl adjacent to an activating group) is 1. The minimum absolute atomic E-state index is 0.997. The van der Waals surface area contributed by atoms with Crippen molar-refractivity contribution < 1.29 is 0 Å². The molecule has 1 aliphatic rings. The molecular formula is C19H24N4. The summed E-state index contributed by atoms with van der Waals surface area (Å²) < 4.78 is 2.54. The van der Waals surface area contributed by atoms with Crippen LogP contribution in [0.5, 0.6) is 0 Å².